The Morgan fingerprint density at radius 2 is 1.89 bits per heavy atom. The fourth-order valence-electron chi connectivity index (χ4n) is 1.55. The van der Waals surface area contributed by atoms with Gasteiger partial charge in [0.25, 0.3) is 0 Å². The number of thiocarbonyl (C=S) groups is 1. The van der Waals surface area contributed by atoms with E-state index in [1.165, 1.54) is 4.31 Å². The summed E-state index contributed by atoms with van der Waals surface area (Å²) in [6, 6.07) is 6.80. The molecule has 7 heteroatoms. The minimum absolute atomic E-state index is 0.160. The average Bonchev–Trinajstić information content (AvgIpc) is 2.29. The van der Waals surface area contributed by atoms with Crippen LogP contribution < -0.4 is 10.5 Å². The van der Waals surface area contributed by atoms with Crippen LogP contribution in [0.1, 0.15) is 19.4 Å². The largest absolute Gasteiger partial charge is 0.389 e. The van der Waals surface area contributed by atoms with E-state index in [1.807, 2.05) is 0 Å². The highest BCUT2D eigenvalue weighted by molar-refractivity contribution is 7.90. The summed E-state index contributed by atoms with van der Waals surface area (Å²) in [5, 5.41) is 0. The Kier molecular flexibility index (Phi) is 5.06. The molecule has 0 amide bonds. The number of rotatable bonds is 6. The molecular weight excluding hydrogens is 270 g/mol. The van der Waals surface area contributed by atoms with E-state index in [1.54, 1.807) is 38.1 Å². The first kappa shape index (κ1) is 14.9. The van der Waals surface area contributed by atoms with E-state index in [2.05, 4.69) is 4.72 Å². The van der Waals surface area contributed by atoms with Crippen molar-refractivity contribution < 1.29 is 8.42 Å². The van der Waals surface area contributed by atoms with Crippen LogP contribution in [-0.2, 0) is 10.2 Å². The van der Waals surface area contributed by atoms with E-state index in [0.29, 0.717) is 24.3 Å². The topological polar surface area (TPSA) is 75.4 Å². The Morgan fingerprint density at radius 1 is 1.33 bits per heavy atom. The van der Waals surface area contributed by atoms with E-state index in [0.717, 1.165) is 0 Å². The monoisotopic (exact) mass is 287 g/mol. The third-order valence-electron chi connectivity index (χ3n) is 2.48. The molecule has 0 fully saturated rings. The van der Waals surface area contributed by atoms with Crippen LogP contribution in [0.3, 0.4) is 0 Å². The van der Waals surface area contributed by atoms with Gasteiger partial charge in [-0.3, -0.25) is 4.72 Å². The number of nitrogens with one attached hydrogen (secondary N) is 1. The number of hydrogen-bond donors (Lipinski definition) is 2. The van der Waals surface area contributed by atoms with E-state index in [9.17, 15) is 8.42 Å². The summed E-state index contributed by atoms with van der Waals surface area (Å²) in [6.45, 7) is 4.37. The fraction of sp³-hybridized carbons (Fsp3) is 0.364. The molecule has 0 aliphatic carbocycles. The maximum atomic E-state index is 12.1. The van der Waals surface area contributed by atoms with Crippen molar-refractivity contribution in [3.63, 3.8) is 0 Å². The summed E-state index contributed by atoms with van der Waals surface area (Å²) in [5.41, 5.74) is 6.47. The summed E-state index contributed by atoms with van der Waals surface area (Å²) >= 11 is 4.89. The molecule has 18 heavy (non-hydrogen) atoms. The van der Waals surface area contributed by atoms with Crippen LogP contribution in [-0.4, -0.2) is 30.8 Å². The van der Waals surface area contributed by atoms with Crippen LogP contribution in [0.2, 0.25) is 0 Å². The van der Waals surface area contributed by atoms with Gasteiger partial charge in [-0.15, -0.1) is 0 Å². The van der Waals surface area contributed by atoms with Crippen LogP contribution in [0.15, 0.2) is 24.3 Å². The molecule has 100 valence electrons. The molecule has 0 radical (unpaired) electrons. The molecule has 1 aromatic carbocycles. The van der Waals surface area contributed by atoms with Gasteiger partial charge in [0.2, 0.25) is 0 Å². The van der Waals surface area contributed by atoms with Gasteiger partial charge in [-0.05, 0) is 12.1 Å². The highest BCUT2D eigenvalue weighted by Gasteiger charge is 2.19. The van der Waals surface area contributed by atoms with Crippen molar-refractivity contribution in [2.75, 3.05) is 17.8 Å². The van der Waals surface area contributed by atoms with Gasteiger partial charge in [0, 0.05) is 18.7 Å². The minimum atomic E-state index is -3.56. The fourth-order valence-corrected chi connectivity index (χ4v) is 3.00. The summed E-state index contributed by atoms with van der Waals surface area (Å²) < 4.78 is 28.0. The third kappa shape index (κ3) is 3.41. The molecule has 0 aromatic heterocycles. The van der Waals surface area contributed by atoms with Crippen molar-refractivity contribution in [3.05, 3.63) is 29.8 Å². The first-order chi connectivity index (χ1) is 8.42. The maximum Gasteiger partial charge on any atom is 0.301 e. The summed E-state index contributed by atoms with van der Waals surface area (Å²) in [5.74, 6) is 0. The van der Waals surface area contributed by atoms with Crippen LogP contribution in [0.4, 0.5) is 5.69 Å². The number of anilines is 1. The first-order valence-corrected chi connectivity index (χ1v) is 7.44. The molecule has 0 bridgehead atoms. The van der Waals surface area contributed by atoms with Crippen molar-refractivity contribution in [2.45, 2.75) is 13.8 Å². The second-order valence-corrected chi connectivity index (χ2v) is 5.71. The average molecular weight is 287 g/mol. The summed E-state index contributed by atoms with van der Waals surface area (Å²) in [4.78, 5) is 0.160. The Hall–Kier alpha value is -1.18. The zero-order valence-corrected chi connectivity index (χ0v) is 12.0. The first-order valence-electron chi connectivity index (χ1n) is 5.59. The molecule has 0 spiro atoms. The second-order valence-electron chi connectivity index (χ2n) is 3.60. The highest BCUT2D eigenvalue weighted by atomic mass is 32.2. The normalized spacial score (nSPS) is 11.5. The molecular formula is C11H17N3O2S2. The molecule has 0 unspecified atom stereocenters. The number of hydrogen-bond acceptors (Lipinski definition) is 3. The van der Waals surface area contributed by atoms with E-state index < -0.39 is 10.2 Å². The van der Waals surface area contributed by atoms with Gasteiger partial charge in [-0.25, -0.2) is 0 Å². The van der Waals surface area contributed by atoms with E-state index >= 15 is 0 Å². The highest BCUT2D eigenvalue weighted by Crippen LogP contribution is 2.17. The molecule has 0 atom stereocenters. The smallest absolute Gasteiger partial charge is 0.301 e. The number of benzene rings is 1. The molecule has 0 aliphatic rings. The lowest BCUT2D eigenvalue weighted by Crippen LogP contribution is -2.36. The predicted molar refractivity (Wildman–Crippen MR) is 77.8 cm³/mol. The molecule has 0 heterocycles. The van der Waals surface area contributed by atoms with Crippen molar-refractivity contribution in [1.82, 2.24) is 4.31 Å². The Bertz CT molecular complexity index is 525. The number of nitrogens with two attached hydrogens (primary N) is 1. The van der Waals surface area contributed by atoms with Gasteiger partial charge >= 0.3 is 10.2 Å². The molecule has 5 nitrogen and oxygen atoms in total. The maximum absolute atomic E-state index is 12.1. The van der Waals surface area contributed by atoms with Gasteiger partial charge in [0.1, 0.15) is 4.99 Å². The number of nitrogens with zero attached hydrogens (tertiary/aromatic N) is 1. The van der Waals surface area contributed by atoms with Gasteiger partial charge in [0.05, 0.1) is 5.69 Å². The third-order valence-corrected chi connectivity index (χ3v) is 4.37. The SMILES string of the molecule is CCN(CC)S(=O)(=O)Nc1ccccc1C(N)=S. The molecule has 0 aliphatic heterocycles. The number of para-hydroxylation sites is 1. The van der Waals surface area contributed by atoms with Crippen LogP contribution in [0.25, 0.3) is 0 Å². The molecule has 0 saturated carbocycles. The quantitative estimate of drug-likeness (QED) is 0.774. The Balaban J connectivity index is 3.08. The van der Waals surface area contributed by atoms with Crippen LogP contribution >= 0.6 is 12.2 Å². The van der Waals surface area contributed by atoms with Gasteiger partial charge in [-0.1, -0.05) is 38.2 Å². The lowest BCUT2D eigenvalue weighted by atomic mass is 10.2. The van der Waals surface area contributed by atoms with Gasteiger partial charge in [-0.2, -0.15) is 12.7 Å². The molecule has 3 N–H and O–H groups in total. The zero-order valence-electron chi connectivity index (χ0n) is 10.4. The molecule has 1 rings (SSSR count). The summed E-state index contributed by atoms with van der Waals surface area (Å²) in [7, 11) is -3.56. The van der Waals surface area contributed by atoms with Crippen molar-refractivity contribution in [3.8, 4) is 0 Å². The van der Waals surface area contributed by atoms with E-state index in [-0.39, 0.29) is 4.99 Å². The van der Waals surface area contributed by atoms with E-state index in [4.69, 9.17) is 18.0 Å². The predicted octanol–water partition coefficient (Wildman–Crippen LogP) is 1.32. The van der Waals surface area contributed by atoms with Crippen molar-refractivity contribution in [1.29, 1.82) is 0 Å². The lowest BCUT2D eigenvalue weighted by molar-refractivity contribution is 0.449. The summed E-state index contributed by atoms with van der Waals surface area (Å²) in [6.07, 6.45) is 0. The minimum Gasteiger partial charge on any atom is -0.389 e. The molecule has 1 aromatic rings. The van der Waals surface area contributed by atoms with Crippen LogP contribution in [0.5, 0.6) is 0 Å². The van der Waals surface area contributed by atoms with Crippen LogP contribution in [0, 0.1) is 0 Å². The lowest BCUT2D eigenvalue weighted by Gasteiger charge is -2.20. The van der Waals surface area contributed by atoms with Gasteiger partial charge in [0.15, 0.2) is 0 Å². The van der Waals surface area contributed by atoms with Gasteiger partial charge < -0.3 is 5.73 Å². The van der Waals surface area contributed by atoms with Crippen molar-refractivity contribution in [2.24, 2.45) is 5.73 Å². The Labute approximate surface area is 113 Å². The second kappa shape index (κ2) is 6.12. The van der Waals surface area contributed by atoms with Crippen molar-refractivity contribution >= 4 is 33.1 Å². The Morgan fingerprint density at radius 3 is 2.39 bits per heavy atom. The molecule has 0 saturated heterocycles. The standard InChI is InChI=1S/C11H17N3O2S2/c1-3-14(4-2)18(15,16)13-10-8-6-5-7-9(10)11(12)17/h5-8,13H,3-4H2,1-2H3,(H2,12,17). The zero-order chi connectivity index (χ0) is 13.8.